The summed E-state index contributed by atoms with van der Waals surface area (Å²) in [5, 5.41) is 10.4. The number of benzene rings is 2. The molecule has 0 saturated heterocycles. The summed E-state index contributed by atoms with van der Waals surface area (Å²) in [4.78, 5) is 12.3. The van der Waals surface area contributed by atoms with E-state index >= 15 is 0 Å². The molecule has 0 saturated carbocycles. The Hall–Kier alpha value is -3.55. The van der Waals surface area contributed by atoms with Crippen molar-refractivity contribution < 1.29 is 23.6 Å². The average molecular weight is 397 g/mol. The van der Waals surface area contributed by atoms with E-state index in [2.05, 4.69) is 15.6 Å². The number of rotatable bonds is 9. The quantitative estimate of drug-likeness (QED) is 0.586. The highest BCUT2D eigenvalue weighted by atomic mass is 16.6. The van der Waals surface area contributed by atoms with Gasteiger partial charge >= 0.3 is 0 Å². The molecular weight excluding hydrogens is 374 g/mol. The zero-order chi connectivity index (χ0) is 20.6. The van der Waals surface area contributed by atoms with E-state index in [1.165, 1.54) is 0 Å². The van der Waals surface area contributed by atoms with Crippen LogP contribution in [-0.2, 0) is 4.79 Å². The Kier molecular flexibility index (Phi) is 6.67. The first-order valence-corrected chi connectivity index (χ1v) is 9.33. The van der Waals surface area contributed by atoms with E-state index in [1.54, 1.807) is 24.3 Å². The molecule has 3 aromatic rings. The second kappa shape index (κ2) is 9.59. The molecule has 1 aromatic heterocycles. The monoisotopic (exact) mass is 397 g/mol. The van der Waals surface area contributed by atoms with Gasteiger partial charge in [0.25, 0.3) is 5.91 Å². The van der Waals surface area contributed by atoms with Crippen molar-refractivity contribution in [3.8, 4) is 28.5 Å². The van der Waals surface area contributed by atoms with E-state index in [0.717, 1.165) is 5.56 Å². The molecule has 8 nitrogen and oxygen atoms in total. The molecule has 1 amide bonds. The maximum Gasteiger partial charge on any atom is 0.263 e. The van der Waals surface area contributed by atoms with Crippen molar-refractivity contribution in [1.82, 2.24) is 10.3 Å². The zero-order valence-electron chi connectivity index (χ0n) is 16.6. The van der Waals surface area contributed by atoms with E-state index in [-0.39, 0.29) is 18.3 Å². The summed E-state index contributed by atoms with van der Waals surface area (Å²) < 4.78 is 21.6. The lowest BCUT2D eigenvalue weighted by atomic mass is 10.1. The number of para-hydroxylation sites is 1. The molecule has 8 heteroatoms. The SMILES string of the molecule is CCOc1ccc(-c2nonc2NC(=O)COc2ccccc2C)cc1OCC. The summed E-state index contributed by atoms with van der Waals surface area (Å²) in [5.74, 6) is 1.69. The van der Waals surface area contributed by atoms with Crippen LogP contribution in [0.2, 0.25) is 0 Å². The summed E-state index contributed by atoms with van der Waals surface area (Å²) in [6.45, 7) is 6.55. The van der Waals surface area contributed by atoms with Crippen molar-refractivity contribution >= 4 is 11.7 Å². The summed E-state index contributed by atoms with van der Waals surface area (Å²) >= 11 is 0. The number of hydrogen-bond acceptors (Lipinski definition) is 7. The molecular formula is C21H23N3O5. The number of amides is 1. The molecule has 1 N–H and O–H groups in total. The number of aromatic nitrogens is 2. The maximum absolute atomic E-state index is 12.3. The lowest BCUT2D eigenvalue weighted by Crippen LogP contribution is -2.21. The second-order valence-corrected chi connectivity index (χ2v) is 6.09. The van der Waals surface area contributed by atoms with E-state index < -0.39 is 0 Å². The Morgan fingerprint density at radius 2 is 1.72 bits per heavy atom. The Morgan fingerprint density at radius 1 is 0.966 bits per heavy atom. The van der Waals surface area contributed by atoms with Gasteiger partial charge in [0.15, 0.2) is 23.8 Å². The Labute approximate surface area is 168 Å². The Morgan fingerprint density at radius 3 is 2.48 bits per heavy atom. The molecule has 0 bridgehead atoms. The van der Waals surface area contributed by atoms with Gasteiger partial charge < -0.3 is 19.5 Å². The third kappa shape index (κ3) is 5.04. The van der Waals surface area contributed by atoms with Crippen molar-refractivity contribution in [2.45, 2.75) is 20.8 Å². The van der Waals surface area contributed by atoms with Gasteiger partial charge in [-0.25, -0.2) is 4.63 Å². The van der Waals surface area contributed by atoms with E-state index in [1.807, 2.05) is 39.0 Å². The highest BCUT2D eigenvalue weighted by Gasteiger charge is 2.18. The van der Waals surface area contributed by atoms with E-state index in [9.17, 15) is 4.79 Å². The molecule has 0 radical (unpaired) electrons. The fraction of sp³-hybridized carbons (Fsp3) is 0.286. The fourth-order valence-electron chi connectivity index (χ4n) is 2.69. The van der Waals surface area contributed by atoms with Gasteiger partial charge in [-0.3, -0.25) is 4.79 Å². The number of carbonyl (C=O) groups excluding carboxylic acids is 1. The van der Waals surface area contributed by atoms with Gasteiger partial charge in [0.1, 0.15) is 5.75 Å². The molecule has 0 aliphatic rings. The standard InChI is InChI=1S/C21H23N3O5/c1-4-26-17-11-10-15(12-18(17)27-5-2)20-21(24-29-23-20)22-19(25)13-28-16-9-7-6-8-14(16)3/h6-12H,4-5,13H2,1-3H3,(H,22,24,25). The minimum Gasteiger partial charge on any atom is -0.490 e. The molecule has 29 heavy (non-hydrogen) atoms. The summed E-state index contributed by atoms with van der Waals surface area (Å²) in [6.07, 6.45) is 0. The number of hydrogen-bond donors (Lipinski definition) is 1. The molecule has 0 aliphatic heterocycles. The number of nitrogens with zero attached hydrogens (tertiary/aromatic N) is 2. The van der Waals surface area contributed by atoms with Crippen LogP contribution in [-0.4, -0.2) is 36.0 Å². The lowest BCUT2D eigenvalue weighted by molar-refractivity contribution is -0.118. The van der Waals surface area contributed by atoms with Crippen LogP contribution in [0.1, 0.15) is 19.4 Å². The minimum absolute atomic E-state index is 0.162. The Bertz CT molecular complexity index is 970. The zero-order valence-corrected chi connectivity index (χ0v) is 16.6. The maximum atomic E-state index is 12.3. The van der Waals surface area contributed by atoms with Gasteiger partial charge in [0.2, 0.25) is 5.82 Å². The van der Waals surface area contributed by atoms with E-state index in [0.29, 0.717) is 41.7 Å². The van der Waals surface area contributed by atoms with Crippen LogP contribution >= 0.6 is 0 Å². The molecule has 152 valence electrons. The van der Waals surface area contributed by atoms with Gasteiger partial charge in [-0.1, -0.05) is 18.2 Å². The molecule has 3 rings (SSSR count). The number of nitrogens with one attached hydrogen (secondary N) is 1. The normalized spacial score (nSPS) is 10.4. The van der Waals surface area contributed by atoms with Crippen molar-refractivity contribution in [1.29, 1.82) is 0 Å². The van der Waals surface area contributed by atoms with E-state index in [4.69, 9.17) is 18.8 Å². The highest BCUT2D eigenvalue weighted by Crippen LogP contribution is 2.34. The third-order valence-corrected chi connectivity index (χ3v) is 4.02. The molecule has 2 aromatic carbocycles. The summed E-state index contributed by atoms with van der Waals surface area (Å²) in [6, 6.07) is 12.8. The van der Waals surface area contributed by atoms with Crippen molar-refractivity contribution in [2.24, 2.45) is 0 Å². The minimum atomic E-state index is -0.374. The van der Waals surface area contributed by atoms with Crippen LogP contribution in [0.5, 0.6) is 17.2 Å². The molecule has 0 aliphatic carbocycles. The van der Waals surface area contributed by atoms with Crippen LogP contribution in [0.3, 0.4) is 0 Å². The topological polar surface area (TPSA) is 95.7 Å². The first-order valence-electron chi connectivity index (χ1n) is 9.33. The molecule has 1 heterocycles. The van der Waals surface area contributed by atoms with Gasteiger partial charge in [-0.15, -0.1) is 0 Å². The molecule has 0 unspecified atom stereocenters. The predicted molar refractivity (Wildman–Crippen MR) is 107 cm³/mol. The molecule has 0 atom stereocenters. The van der Waals surface area contributed by atoms with Gasteiger partial charge in [0.05, 0.1) is 13.2 Å². The first-order chi connectivity index (χ1) is 14.1. The lowest BCUT2D eigenvalue weighted by Gasteiger charge is -2.12. The van der Waals surface area contributed by atoms with Crippen LogP contribution < -0.4 is 19.5 Å². The van der Waals surface area contributed by atoms with Crippen LogP contribution in [0.15, 0.2) is 47.1 Å². The summed E-state index contributed by atoms with van der Waals surface area (Å²) in [7, 11) is 0. The fourth-order valence-corrected chi connectivity index (χ4v) is 2.69. The third-order valence-electron chi connectivity index (χ3n) is 4.02. The molecule has 0 fully saturated rings. The Balaban J connectivity index is 1.72. The van der Waals surface area contributed by atoms with Crippen molar-refractivity contribution in [3.63, 3.8) is 0 Å². The first kappa shape index (κ1) is 20.2. The van der Waals surface area contributed by atoms with Gasteiger partial charge in [-0.05, 0) is 60.9 Å². The largest absolute Gasteiger partial charge is 0.490 e. The highest BCUT2D eigenvalue weighted by molar-refractivity contribution is 5.94. The van der Waals surface area contributed by atoms with Crippen molar-refractivity contribution in [2.75, 3.05) is 25.1 Å². The number of ether oxygens (including phenoxy) is 3. The van der Waals surface area contributed by atoms with Crippen LogP contribution in [0, 0.1) is 6.92 Å². The predicted octanol–water partition coefficient (Wildman–Crippen LogP) is 3.86. The number of anilines is 1. The number of aryl methyl sites for hydroxylation is 1. The van der Waals surface area contributed by atoms with Crippen LogP contribution in [0.25, 0.3) is 11.3 Å². The average Bonchev–Trinajstić information content (AvgIpc) is 3.17. The molecule has 0 spiro atoms. The second-order valence-electron chi connectivity index (χ2n) is 6.09. The number of carbonyl (C=O) groups is 1. The summed E-state index contributed by atoms with van der Waals surface area (Å²) in [5.41, 5.74) is 2.01. The van der Waals surface area contributed by atoms with Gasteiger partial charge in [0, 0.05) is 5.56 Å². The van der Waals surface area contributed by atoms with Gasteiger partial charge in [-0.2, -0.15) is 0 Å². The van der Waals surface area contributed by atoms with Crippen LogP contribution in [0.4, 0.5) is 5.82 Å². The van der Waals surface area contributed by atoms with Crippen molar-refractivity contribution in [3.05, 3.63) is 48.0 Å². The smallest absolute Gasteiger partial charge is 0.263 e.